The van der Waals surface area contributed by atoms with E-state index in [4.69, 9.17) is 5.11 Å². The summed E-state index contributed by atoms with van der Waals surface area (Å²) >= 11 is 2.10. The molecule has 0 aliphatic carbocycles. The van der Waals surface area contributed by atoms with Crippen LogP contribution in [-0.4, -0.2) is 51.4 Å². The molecule has 0 saturated carbocycles. The van der Waals surface area contributed by atoms with E-state index in [-0.39, 0.29) is 40.1 Å². The Morgan fingerprint density at radius 3 is 1.49 bits per heavy atom. The van der Waals surface area contributed by atoms with Crippen LogP contribution in [0.15, 0.2) is 137 Å². The highest BCUT2D eigenvalue weighted by Gasteiger charge is 2.22. The zero-order chi connectivity index (χ0) is 42.7. The molecule has 304 valence electrons. The summed E-state index contributed by atoms with van der Waals surface area (Å²) in [7, 11) is 0. The number of thioether (sulfide) groups is 2. The average molecular weight is 846 g/mol. The van der Waals surface area contributed by atoms with Crippen molar-refractivity contribution in [2.24, 2.45) is 9.98 Å². The van der Waals surface area contributed by atoms with Gasteiger partial charge in [-0.05, 0) is 107 Å². The zero-order valence-corrected chi connectivity index (χ0v) is 34.7. The first-order chi connectivity index (χ1) is 29.6. The van der Waals surface area contributed by atoms with Gasteiger partial charge in [-0.1, -0.05) is 127 Å². The summed E-state index contributed by atoms with van der Waals surface area (Å²) in [4.78, 5) is 56.6. The van der Waals surface area contributed by atoms with Crippen molar-refractivity contribution in [2.75, 3.05) is 16.6 Å². The van der Waals surface area contributed by atoms with E-state index in [0.717, 1.165) is 79.5 Å². The molecular weight excluding hydrogens is 807 g/mol. The van der Waals surface area contributed by atoms with Crippen molar-refractivity contribution in [3.05, 3.63) is 171 Å². The van der Waals surface area contributed by atoms with Crippen LogP contribution in [0.4, 0.5) is 17.1 Å². The highest BCUT2D eigenvalue weighted by molar-refractivity contribution is 8.14. The lowest BCUT2D eigenvalue weighted by Gasteiger charge is -2.27. The minimum atomic E-state index is -0.978. The van der Waals surface area contributed by atoms with Crippen molar-refractivity contribution in [1.29, 1.82) is 0 Å². The average Bonchev–Trinajstić information content (AvgIpc) is 3.80. The van der Waals surface area contributed by atoms with Crippen LogP contribution in [0.5, 0.6) is 0 Å². The number of carboxylic acid groups (broad SMARTS) is 1. The number of benzene rings is 5. The number of nitrogens with zero attached hydrogens (tertiary/aromatic N) is 3. The molecule has 2 heterocycles. The highest BCUT2D eigenvalue weighted by Crippen LogP contribution is 2.37. The Morgan fingerprint density at radius 1 is 0.639 bits per heavy atom. The minimum Gasteiger partial charge on any atom is -0.481 e. The number of rotatable bonds is 14. The van der Waals surface area contributed by atoms with Crippen LogP contribution in [0.1, 0.15) is 44.5 Å². The molecule has 0 aromatic heterocycles. The molecule has 0 atom stereocenters. The lowest BCUT2D eigenvalue weighted by Crippen LogP contribution is -2.22. The number of nitrogens with one attached hydrogen (secondary N) is 2. The monoisotopic (exact) mass is 845 g/mol. The molecule has 3 N–H and O–H groups in total. The first-order valence-electron chi connectivity index (χ1n) is 19.0. The van der Waals surface area contributed by atoms with Gasteiger partial charge in [0.2, 0.25) is 0 Å². The Morgan fingerprint density at radius 2 is 1.07 bits per heavy atom. The summed E-state index contributed by atoms with van der Waals surface area (Å²) in [6, 6.07) is 38.9. The third kappa shape index (κ3) is 11.3. The van der Waals surface area contributed by atoms with Gasteiger partial charge >= 0.3 is 5.97 Å². The van der Waals surface area contributed by atoms with Crippen LogP contribution in [-0.2, 0) is 23.9 Å². The number of aliphatic carboxylic acids is 1. The smallest absolute Gasteiger partial charge is 0.313 e. The van der Waals surface area contributed by atoms with E-state index in [9.17, 15) is 19.2 Å². The number of amidine groups is 2. The lowest BCUT2D eigenvalue weighted by molar-refractivity contribution is -0.134. The molecule has 0 radical (unpaired) electrons. The van der Waals surface area contributed by atoms with Crippen LogP contribution in [0.25, 0.3) is 36.5 Å². The van der Waals surface area contributed by atoms with Crippen LogP contribution < -0.4 is 15.5 Å². The first-order valence-corrected chi connectivity index (χ1v) is 21.0. The second kappa shape index (κ2) is 19.7. The summed E-state index contributed by atoms with van der Waals surface area (Å²) in [5, 5.41) is 14.8. The first kappa shape index (κ1) is 41.9. The fourth-order valence-electron chi connectivity index (χ4n) is 6.34. The summed E-state index contributed by atoms with van der Waals surface area (Å²) in [6.07, 6.45) is 11.6. The molecule has 13 heteroatoms. The number of hydrogen-bond acceptors (Lipinski definition) is 10. The van der Waals surface area contributed by atoms with E-state index in [0.29, 0.717) is 11.6 Å². The number of anilines is 3. The molecule has 2 aliphatic rings. The number of aliphatic imine (C=N–C) groups is 2. The molecule has 61 heavy (non-hydrogen) atoms. The molecule has 7 rings (SSSR count). The molecule has 5 aromatic rings. The number of hydrogen-bond donors (Lipinski definition) is 3. The summed E-state index contributed by atoms with van der Waals surface area (Å²) in [6.45, 7) is 4.57. The molecule has 11 nitrogen and oxygen atoms in total. The maximum absolute atomic E-state index is 12.3. The van der Waals surface area contributed by atoms with Gasteiger partial charge in [0.1, 0.15) is 17.3 Å². The van der Waals surface area contributed by atoms with Gasteiger partial charge in [0.15, 0.2) is 10.3 Å². The van der Waals surface area contributed by atoms with E-state index in [2.05, 4.69) is 123 Å². The third-order valence-electron chi connectivity index (χ3n) is 9.33. The van der Waals surface area contributed by atoms with E-state index in [1.807, 2.05) is 60.7 Å². The fourth-order valence-corrected chi connectivity index (χ4v) is 7.49. The van der Waals surface area contributed by atoms with Gasteiger partial charge in [-0.15, -0.1) is 0 Å². The number of aryl methyl sites for hydroxylation is 2. The number of amides is 2. The van der Waals surface area contributed by atoms with Gasteiger partial charge in [0, 0.05) is 17.1 Å². The molecule has 5 aromatic carbocycles. The van der Waals surface area contributed by atoms with E-state index in [1.54, 1.807) is 12.2 Å². The van der Waals surface area contributed by atoms with Crippen LogP contribution in [0.3, 0.4) is 0 Å². The Hall–Kier alpha value is -7.22. The largest absolute Gasteiger partial charge is 0.481 e. The van der Waals surface area contributed by atoms with Gasteiger partial charge in [0.05, 0.1) is 5.75 Å². The Labute approximate surface area is 361 Å². The van der Waals surface area contributed by atoms with Crippen molar-refractivity contribution in [3.8, 4) is 0 Å². The van der Waals surface area contributed by atoms with Crippen LogP contribution in [0, 0.1) is 13.8 Å². The van der Waals surface area contributed by atoms with Gasteiger partial charge in [0.25, 0.3) is 18.3 Å². The van der Waals surface area contributed by atoms with Crippen LogP contribution in [0.2, 0.25) is 0 Å². The van der Waals surface area contributed by atoms with E-state index in [1.165, 1.54) is 5.56 Å². The van der Waals surface area contributed by atoms with Crippen molar-refractivity contribution < 1.29 is 29.0 Å². The molecule has 2 aliphatic heterocycles. The van der Waals surface area contributed by atoms with Crippen molar-refractivity contribution in [1.82, 2.24) is 10.6 Å². The second-order valence-electron chi connectivity index (χ2n) is 13.8. The zero-order valence-electron chi connectivity index (χ0n) is 33.1. The predicted octanol–water partition coefficient (Wildman–Crippen LogP) is 9.45. The Balaban J connectivity index is 1.02. The van der Waals surface area contributed by atoms with Crippen molar-refractivity contribution >= 4 is 112 Å². The van der Waals surface area contributed by atoms with E-state index >= 15 is 0 Å². The highest BCUT2D eigenvalue weighted by atomic mass is 32.2. The number of carbonyl (C=O) groups is 4. The van der Waals surface area contributed by atoms with Gasteiger partial charge in [-0.25, -0.2) is 9.98 Å². The van der Waals surface area contributed by atoms with Crippen molar-refractivity contribution in [3.63, 3.8) is 0 Å². The predicted molar refractivity (Wildman–Crippen MR) is 248 cm³/mol. The molecule has 0 saturated heterocycles. The third-order valence-corrected chi connectivity index (χ3v) is 10.9. The minimum absolute atomic E-state index is 0.0715. The lowest BCUT2D eigenvalue weighted by atomic mass is 10.1. The fraction of sp³-hybridized carbons (Fsp3) is 0.0833. The standard InChI is InChI=1S/C48H39N5O6S2/c1-31-3-24-43(32(2)25-31)53(39-20-16-35(17-21-39)6-4-33-8-12-37(13-9-33)26-41-45(57)51-47(49-41)60-28-44(55)56)40-22-18-36(19-23-40)7-5-34-10-14-38(15-11-34)27-42-46(58)52-48(50-42)61-30-59-29-54/h3-27,29H,28,30H2,1-2H3,(H,55,56)(H,49,51,57)(H,50,52,58). The quantitative estimate of drug-likeness (QED) is 0.0327. The van der Waals surface area contributed by atoms with Crippen molar-refractivity contribution in [2.45, 2.75) is 13.8 Å². The van der Waals surface area contributed by atoms with Gasteiger partial charge in [-0.3, -0.25) is 29.8 Å². The molecule has 2 amide bonds. The molecular formula is C48H39N5O6S2. The Kier molecular flexibility index (Phi) is 13.5. The second-order valence-corrected chi connectivity index (χ2v) is 15.7. The summed E-state index contributed by atoms with van der Waals surface area (Å²) < 4.78 is 4.66. The Bertz CT molecular complexity index is 2650. The summed E-state index contributed by atoms with van der Waals surface area (Å²) in [5.41, 5.74) is 11.7. The molecule has 0 unspecified atom stereocenters. The number of carboxylic acids is 1. The van der Waals surface area contributed by atoms with Gasteiger partial charge < -0.3 is 14.7 Å². The van der Waals surface area contributed by atoms with Crippen LogP contribution >= 0.6 is 23.5 Å². The van der Waals surface area contributed by atoms with E-state index < -0.39 is 5.97 Å². The normalized spacial score (nSPS) is 15.0. The molecule has 0 fully saturated rings. The SMILES string of the molecule is Cc1ccc(N(c2ccc(C=Cc3ccc(C=C4N=C(SCOC=O)NC4=O)cc3)cc2)c2ccc(C=Cc3ccc(C=C4N=C(SCC(=O)O)NC4=O)cc3)cc2)c(C)c1. The molecule has 0 spiro atoms. The maximum Gasteiger partial charge on any atom is 0.313 e. The summed E-state index contributed by atoms with van der Waals surface area (Å²) in [5.74, 6) is -1.75. The molecule has 0 bridgehead atoms. The number of carbonyl (C=O) groups excluding carboxylic acids is 3. The maximum atomic E-state index is 12.3. The number of ether oxygens (including phenoxy) is 1. The van der Waals surface area contributed by atoms with Gasteiger partial charge in [-0.2, -0.15) is 0 Å². The topological polar surface area (TPSA) is 150 Å².